The molecule has 0 atom stereocenters. The summed E-state index contributed by atoms with van der Waals surface area (Å²) in [5, 5.41) is 8.88. The van der Waals surface area contributed by atoms with E-state index in [1.54, 1.807) is 7.11 Å². The number of aliphatic carboxylic acids is 1. The lowest BCUT2D eigenvalue weighted by Gasteiger charge is -2.33. The van der Waals surface area contributed by atoms with Gasteiger partial charge in [-0.05, 0) is 40.9 Å². The molecule has 0 radical (unpaired) electrons. The zero-order chi connectivity index (χ0) is 16.3. The highest BCUT2D eigenvalue weighted by atomic mass is 16.5. The molecule has 0 bridgehead atoms. The van der Waals surface area contributed by atoms with Crippen molar-refractivity contribution in [3.63, 3.8) is 0 Å². The number of hydrogen-bond donors (Lipinski definition) is 1. The van der Waals surface area contributed by atoms with Gasteiger partial charge in [0.25, 0.3) is 0 Å². The first-order chi connectivity index (χ1) is 9.55. The van der Waals surface area contributed by atoms with Crippen LogP contribution >= 0.6 is 0 Å². The molecule has 118 valence electrons. The van der Waals surface area contributed by atoms with Gasteiger partial charge in [-0.1, -0.05) is 46.8 Å². The molecule has 0 aliphatic heterocycles. The maximum atomic E-state index is 10.8. The van der Waals surface area contributed by atoms with E-state index < -0.39 is 5.97 Å². The average Bonchev–Trinajstić information content (AvgIpc) is 2.33. The Labute approximate surface area is 128 Å². The van der Waals surface area contributed by atoms with E-state index in [-0.39, 0.29) is 17.3 Å². The third kappa shape index (κ3) is 5.41. The topological polar surface area (TPSA) is 46.5 Å². The SMILES string of the molecule is COc1ccc(C(C)(C)CC(C)(C)C)cc1CCC(=O)O. The molecule has 0 saturated heterocycles. The Morgan fingerprint density at radius 2 is 1.81 bits per heavy atom. The normalized spacial score (nSPS) is 12.3. The van der Waals surface area contributed by atoms with Crippen molar-refractivity contribution in [1.29, 1.82) is 0 Å². The van der Waals surface area contributed by atoms with Crippen molar-refractivity contribution in [2.45, 2.75) is 59.3 Å². The molecule has 3 nitrogen and oxygen atoms in total. The molecule has 0 spiro atoms. The molecule has 0 fully saturated rings. The molecule has 1 aromatic rings. The summed E-state index contributed by atoms with van der Waals surface area (Å²) in [7, 11) is 1.62. The second-order valence-electron chi connectivity index (χ2n) is 7.54. The number of carboxylic acids is 1. The highest BCUT2D eigenvalue weighted by Gasteiger charge is 2.27. The number of rotatable bonds is 6. The van der Waals surface area contributed by atoms with Crippen LogP contribution in [0.5, 0.6) is 5.75 Å². The number of ether oxygens (including phenoxy) is 1. The molecule has 1 rings (SSSR count). The standard InChI is InChI=1S/C18H28O3/c1-17(2,3)12-18(4,5)14-8-9-15(21-6)13(11-14)7-10-16(19)20/h8-9,11H,7,10,12H2,1-6H3,(H,19,20). The highest BCUT2D eigenvalue weighted by molar-refractivity contribution is 5.67. The Hall–Kier alpha value is -1.51. The Morgan fingerprint density at radius 3 is 2.29 bits per heavy atom. The van der Waals surface area contributed by atoms with Crippen LogP contribution in [0.2, 0.25) is 0 Å². The molecule has 1 aromatic carbocycles. The van der Waals surface area contributed by atoms with Crippen LogP contribution in [0.4, 0.5) is 0 Å². The van der Waals surface area contributed by atoms with Crippen LogP contribution in [-0.4, -0.2) is 18.2 Å². The molecule has 21 heavy (non-hydrogen) atoms. The lowest BCUT2D eigenvalue weighted by atomic mass is 9.72. The van der Waals surface area contributed by atoms with E-state index in [9.17, 15) is 4.79 Å². The molecule has 0 amide bonds. The molecule has 0 unspecified atom stereocenters. The van der Waals surface area contributed by atoms with Crippen LogP contribution in [0.15, 0.2) is 18.2 Å². The van der Waals surface area contributed by atoms with Crippen LogP contribution < -0.4 is 4.74 Å². The van der Waals surface area contributed by atoms with Crippen molar-refractivity contribution >= 4 is 5.97 Å². The fourth-order valence-electron chi connectivity index (χ4n) is 3.06. The molecule has 0 saturated carbocycles. The van der Waals surface area contributed by atoms with Crippen LogP contribution in [0.25, 0.3) is 0 Å². The molecule has 3 heteroatoms. The van der Waals surface area contributed by atoms with Gasteiger partial charge in [-0.15, -0.1) is 0 Å². The summed E-state index contributed by atoms with van der Waals surface area (Å²) in [6, 6.07) is 6.15. The number of benzene rings is 1. The van der Waals surface area contributed by atoms with E-state index in [2.05, 4.69) is 46.8 Å². The summed E-state index contributed by atoms with van der Waals surface area (Å²) >= 11 is 0. The van der Waals surface area contributed by atoms with E-state index in [0.29, 0.717) is 6.42 Å². The monoisotopic (exact) mass is 292 g/mol. The van der Waals surface area contributed by atoms with Gasteiger partial charge in [0.15, 0.2) is 0 Å². The summed E-state index contributed by atoms with van der Waals surface area (Å²) in [5.74, 6) is -0.0111. The summed E-state index contributed by atoms with van der Waals surface area (Å²) < 4.78 is 5.35. The van der Waals surface area contributed by atoms with Crippen LogP contribution in [0.1, 0.15) is 58.6 Å². The number of hydrogen-bond acceptors (Lipinski definition) is 2. The second-order valence-corrected chi connectivity index (χ2v) is 7.54. The van der Waals surface area contributed by atoms with Crippen molar-refractivity contribution in [2.75, 3.05) is 7.11 Å². The first kappa shape index (κ1) is 17.5. The molecular weight excluding hydrogens is 264 g/mol. The third-order valence-electron chi connectivity index (χ3n) is 3.64. The largest absolute Gasteiger partial charge is 0.496 e. The van der Waals surface area contributed by atoms with Gasteiger partial charge in [-0.25, -0.2) is 0 Å². The van der Waals surface area contributed by atoms with E-state index >= 15 is 0 Å². The number of methoxy groups -OCH3 is 1. The average molecular weight is 292 g/mol. The number of aryl methyl sites for hydroxylation is 1. The van der Waals surface area contributed by atoms with Crippen LogP contribution in [-0.2, 0) is 16.6 Å². The van der Waals surface area contributed by atoms with Gasteiger partial charge in [0.1, 0.15) is 5.75 Å². The zero-order valence-corrected chi connectivity index (χ0v) is 14.1. The van der Waals surface area contributed by atoms with Gasteiger partial charge in [0.2, 0.25) is 0 Å². The van der Waals surface area contributed by atoms with Gasteiger partial charge >= 0.3 is 5.97 Å². The molecule has 0 aliphatic rings. The second kappa shape index (κ2) is 6.50. The molecule has 0 heterocycles. The fourth-order valence-corrected chi connectivity index (χ4v) is 3.06. The fraction of sp³-hybridized carbons (Fsp3) is 0.611. The Bertz CT molecular complexity index is 496. The predicted molar refractivity (Wildman–Crippen MR) is 86.0 cm³/mol. The smallest absolute Gasteiger partial charge is 0.303 e. The van der Waals surface area contributed by atoms with Crippen molar-refractivity contribution < 1.29 is 14.6 Å². The highest BCUT2D eigenvalue weighted by Crippen LogP contribution is 2.37. The minimum atomic E-state index is -0.781. The van der Waals surface area contributed by atoms with Crippen molar-refractivity contribution in [2.24, 2.45) is 5.41 Å². The first-order valence-corrected chi connectivity index (χ1v) is 7.44. The minimum absolute atomic E-state index is 0.0441. The number of carboxylic acid groups (broad SMARTS) is 1. The first-order valence-electron chi connectivity index (χ1n) is 7.44. The van der Waals surface area contributed by atoms with Crippen molar-refractivity contribution in [1.82, 2.24) is 0 Å². The van der Waals surface area contributed by atoms with E-state index in [0.717, 1.165) is 17.7 Å². The maximum absolute atomic E-state index is 10.8. The third-order valence-corrected chi connectivity index (χ3v) is 3.64. The molecular formula is C18H28O3. The van der Waals surface area contributed by atoms with Gasteiger partial charge in [0.05, 0.1) is 7.11 Å². The van der Waals surface area contributed by atoms with Crippen LogP contribution in [0, 0.1) is 5.41 Å². The van der Waals surface area contributed by atoms with E-state index in [4.69, 9.17) is 9.84 Å². The quantitative estimate of drug-likeness (QED) is 0.844. The summed E-state index contributed by atoms with van der Waals surface area (Å²) in [5.41, 5.74) is 2.49. The van der Waals surface area contributed by atoms with Crippen molar-refractivity contribution in [3.05, 3.63) is 29.3 Å². The van der Waals surface area contributed by atoms with E-state index in [1.165, 1.54) is 5.56 Å². The molecule has 0 aliphatic carbocycles. The van der Waals surface area contributed by atoms with Crippen LogP contribution in [0.3, 0.4) is 0 Å². The molecule has 0 aromatic heterocycles. The number of carbonyl (C=O) groups is 1. The Morgan fingerprint density at radius 1 is 1.19 bits per heavy atom. The summed E-state index contributed by atoms with van der Waals surface area (Å²) in [6.07, 6.45) is 1.68. The minimum Gasteiger partial charge on any atom is -0.496 e. The summed E-state index contributed by atoms with van der Waals surface area (Å²) in [4.78, 5) is 10.8. The van der Waals surface area contributed by atoms with Gasteiger partial charge in [-0.3, -0.25) is 4.79 Å². The lowest BCUT2D eigenvalue weighted by Crippen LogP contribution is -2.25. The maximum Gasteiger partial charge on any atom is 0.303 e. The Kier molecular flexibility index (Phi) is 5.43. The summed E-state index contributed by atoms with van der Waals surface area (Å²) in [6.45, 7) is 11.2. The van der Waals surface area contributed by atoms with Gasteiger partial charge in [-0.2, -0.15) is 0 Å². The lowest BCUT2D eigenvalue weighted by molar-refractivity contribution is -0.136. The Balaban J connectivity index is 3.08. The van der Waals surface area contributed by atoms with Gasteiger partial charge < -0.3 is 9.84 Å². The zero-order valence-electron chi connectivity index (χ0n) is 14.1. The van der Waals surface area contributed by atoms with Gasteiger partial charge in [0, 0.05) is 6.42 Å². The molecule has 1 N–H and O–H groups in total. The van der Waals surface area contributed by atoms with Crippen molar-refractivity contribution in [3.8, 4) is 5.75 Å². The predicted octanol–water partition coefficient (Wildman–Crippen LogP) is 4.43. The van der Waals surface area contributed by atoms with E-state index in [1.807, 2.05) is 6.07 Å².